The number of ether oxygens (including phenoxy) is 2. The van der Waals surface area contributed by atoms with Gasteiger partial charge in [-0.15, -0.1) is 0 Å². The van der Waals surface area contributed by atoms with E-state index in [9.17, 15) is 4.79 Å². The Morgan fingerprint density at radius 1 is 1.29 bits per heavy atom. The third-order valence-electron chi connectivity index (χ3n) is 2.59. The Hall–Kier alpha value is -2.04. The van der Waals surface area contributed by atoms with Crippen molar-refractivity contribution in [3.63, 3.8) is 0 Å². The molecular weight excluding hydrogens is 268 g/mol. The van der Waals surface area contributed by atoms with Crippen LogP contribution in [0.5, 0.6) is 0 Å². The van der Waals surface area contributed by atoms with Crippen LogP contribution in [-0.4, -0.2) is 30.2 Å². The molecule has 0 aliphatic heterocycles. The molecule has 0 aliphatic carbocycles. The van der Waals surface area contributed by atoms with E-state index in [2.05, 4.69) is 5.32 Å². The Kier molecular flexibility index (Phi) is 6.21. The summed E-state index contributed by atoms with van der Waals surface area (Å²) in [4.78, 5) is 11.9. The number of rotatable bonds is 5. The number of alkyl carbamates (subject to hydrolysis) is 1. The summed E-state index contributed by atoms with van der Waals surface area (Å²) in [5, 5.41) is 10.6. The Balaban J connectivity index is 2.73. The summed E-state index contributed by atoms with van der Waals surface area (Å²) in [5.74, 6) is 0.0345. The van der Waals surface area contributed by atoms with E-state index in [0.717, 1.165) is 5.56 Å². The molecule has 0 aliphatic rings. The number of hydrogen-bond donors (Lipinski definition) is 2. The highest BCUT2D eigenvalue weighted by atomic mass is 16.6. The molecule has 1 aromatic rings. The standard InChI is InChI=1S/C16H24N2O3/c1-5-20-14(17)13(11-12-9-7-6-8-10-12)18-15(19)21-16(2,3)4/h6-10,13,17H,5,11H2,1-4H3,(H,18,19)/t13-/m1/s1. The normalized spacial score (nSPS) is 12.4. The first-order valence-electron chi connectivity index (χ1n) is 7.06. The maximum atomic E-state index is 11.9. The van der Waals surface area contributed by atoms with Crippen molar-refractivity contribution < 1.29 is 14.3 Å². The Bertz CT molecular complexity index is 466. The van der Waals surface area contributed by atoms with Crippen LogP contribution in [-0.2, 0) is 15.9 Å². The van der Waals surface area contributed by atoms with Crippen LogP contribution in [0.25, 0.3) is 0 Å². The second-order valence-corrected chi connectivity index (χ2v) is 5.69. The van der Waals surface area contributed by atoms with Gasteiger partial charge in [-0.1, -0.05) is 30.3 Å². The van der Waals surface area contributed by atoms with E-state index >= 15 is 0 Å². The van der Waals surface area contributed by atoms with E-state index in [1.807, 2.05) is 37.3 Å². The van der Waals surface area contributed by atoms with Crippen molar-refractivity contribution >= 4 is 12.0 Å². The molecule has 0 saturated carbocycles. The summed E-state index contributed by atoms with van der Waals surface area (Å²) in [6.45, 7) is 7.59. The van der Waals surface area contributed by atoms with Crippen molar-refractivity contribution in [3.8, 4) is 0 Å². The number of amides is 1. The molecule has 0 unspecified atom stereocenters. The second kappa shape index (κ2) is 7.67. The number of carbonyl (C=O) groups is 1. The third-order valence-corrected chi connectivity index (χ3v) is 2.59. The van der Waals surface area contributed by atoms with Crippen LogP contribution in [0.15, 0.2) is 30.3 Å². The van der Waals surface area contributed by atoms with Crippen LogP contribution in [0.4, 0.5) is 4.79 Å². The molecule has 5 heteroatoms. The minimum atomic E-state index is -0.574. The fourth-order valence-corrected chi connectivity index (χ4v) is 1.76. The molecule has 0 fully saturated rings. The van der Waals surface area contributed by atoms with Gasteiger partial charge >= 0.3 is 6.09 Å². The average molecular weight is 292 g/mol. The summed E-state index contributed by atoms with van der Waals surface area (Å²) in [6, 6.07) is 9.12. The molecular formula is C16H24N2O3. The molecule has 0 spiro atoms. The van der Waals surface area contributed by atoms with Gasteiger partial charge in [-0.2, -0.15) is 0 Å². The van der Waals surface area contributed by atoms with Gasteiger partial charge in [0.05, 0.1) is 6.61 Å². The predicted octanol–water partition coefficient (Wildman–Crippen LogP) is 3.14. The van der Waals surface area contributed by atoms with Crippen LogP contribution in [0.3, 0.4) is 0 Å². The van der Waals surface area contributed by atoms with Gasteiger partial charge in [-0.05, 0) is 33.3 Å². The van der Waals surface area contributed by atoms with Crippen LogP contribution in [0, 0.1) is 5.41 Å². The molecule has 2 N–H and O–H groups in total. The van der Waals surface area contributed by atoms with Crippen molar-refractivity contribution in [2.45, 2.75) is 45.8 Å². The second-order valence-electron chi connectivity index (χ2n) is 5.69. The lowest BCUT2D eigenvalue weighted by molar-refractivity contribution is 0.0512. The van der Waals surface area contributed by atoms with Gasteiger partial charge in [0.25, 0.3) is 0 Å². The van der Waals surface area contributed by atoms with Crippen molar-refractivity contribution in [2.75, 3.05) is 6.61 Å². The molecule has 21 heavy (non-hydrogen) atoms. The van der Waals surface area contributed by atoms with Crippen molar-refractivity contribution in [3.05, 3.63) is 35.9 Å². The van der Waals surface area contributed by atoms with Gasteiger partial charge in [-0.3, -0.25) is 5.41 Å². The zero-order valence-corrected chi connectivity index (χ0v) is 13.1. The Labute approximate surface area is 126 Å². The first-order valence-corrected chi connectivity index (χ1v) is 7.06. The molecule has 0 radical (unpaired) electrons. The molecule has 0 bridgehead atoms. The van der Waals surface area contributed by atoms with E-state index in [1.165, 1.54) is 0 Å². The minimum absolute atomic E-state index is 0.0345. The largest absolute Gasteiger partial charge is 0.480 e. The zero-order valence-electron chi connectivity index (χ0n) is 13.1. The lowest BCUT2D eigenvalue weighted by Gasteiger charge is -2.24. The monoisotopic (exact) mass is 292 g/mol. The average Bonchev–Trinajstić information content (AvgIpc) is 2.37. The highest BCUT2D eigenvalue weighted by Crippen LogP contribution is 2.09. The topological polar surface area (TPSA) is 71.4 Å². The Morgan fingerprint density at radius 3 is 2.43 bits per heavy atom. The van der Waals surface area contributed by atoms with Gasteiger partial charge in [0, 0.05) is 6.42 Å². The van der Waals surface area contributed by atoms with Gasteiger partial charge in [0.1, 0.15) is 11.6 Å². The summed E-state index contributed by atoms with van der Waals surface area (Å²) in [6.07, 6.45) is -0.0632. The SMILES string of the molecule is CCOC(=N)[C@@H](Cc1ccccc1)NC(=O)OC(C)(C)C. The van der Waals surface area contributed by atoms with E-state index in [0.29, 0.717) is 13.0 Å². The minimum Gasteiger partial charge on any atom is -0.480 e. The zero-order chi connectivity index (χ0) is 15.9. The molecule has 1 atom stereocenters. The molecule has 116 valence electrons. The first kappa shape index (κ1) is 17.0. The fraction of sp³-hybridized carbons (Fsp3) is 0.500. The number of carbonyl (C=O) groups excluding carboxylic acids is 1. The summed E-state index contributed by atoms with van der Waals surface area (Å²) < 4.78 is 10.5. The van der Waals surface area contributed by atoms with E-state index in [1.54, 1.807) is 20.8 Å². The smallest absolute Gasteiger partial charge is 0.408 e. The van der Waals surface area contributed by atoms with Gasteiger partial charge in [-0.25, -0.2) is 4.79 Å². The lowest BCUT2D eigenvalue weighted by atomic mass is 10.1. The quantitative estimate of drug-likeness (QED) is 0.647. The van der Waals surface area contributed by atoms with Crippen LogP contribution < -0.4 is 5.32 Å². The molecule has 1 aromatic carbocycles. The molecule has 1 rings (SSSR count). The number of benzene rings is 1. The maximum Gasteiger partial charge on any atom is 0.408 e. The molecule has 0 aromatic heterocycles. The summed E-state index contributed by atoms with van der Waals surface area (Å²) in [7, 11) is 0. The van der Waals surface area contributed by atoms with Crippen LogP contribution in [0.2, 0.25) is 0 Å². The van der Waals surface area contributed by atoms with E-state index in [4.69, 9.17) is 14.9 Å². The Morgan fingerprint density at radius 2 is 1.90 bits per heavy atom. The van der Waals surface area contributed by atoms with E-state index in [-0.39, 0.29) is 5.90 Å². The van der Waals surface area contributed by atoms with Gasteiger partial charge in [0.2, 0.25) is 5.90 Å². The summed E-state index contributed by atoms with van der Waals surface area (Å²) >= 11 is 0. The molecule has 5 nitrogen and oxygen atoms in total. The highest BCUT2D eigenvalue weighted by Gasteiger charge is 2.23. The van der Waals surface area contributed by atoms with E-state index < -0.39 is 17.7 Å². The van der Waals surface area contributed by atoms with Gasteiger partial charge < -0.3 is 14.8 Å². The van der Waals surface area contributed by atoms with Crippen LogP contribution >= 0.6 is 0 Å². The fourth-order valence-electron chi connectivity index (χ4n) is 1.76. The maximum absolute atomic E-state index is 11.9. The predicted molar refractivity (Wildman–Crippen MR) is 82.7 cm³/mol. The number of hydrogen-bond acceptors (Lipinski definition) is 4. The van der Waals surface area contributed by atoms with Crippen molar-refractivity contribution in [1.29, 1.82) is 5.41 Å². The molecule has 0 heterocycles. The molecule has 1 amide bonds. The molecule has 0 saturated heterocycles. The van der Waals surface area contributed by atoms with Crippen LogP contribution in [0.1, 0.15) is 33.3 Å². The van der Waals surface area contributed by atoms with Crippen molar-refractivity contribution in [2.24, 2.45) is 0 Å². The van der Waals surface area contributed by atoms with Gasteiger partial charge in [0.15, 0.2) is 0 Å². The summed E-state index contributed by atoms with van der Waals surface area (Å²) in [5.41, 5.74) is 0.442. The third kappa shape index (κ3) is 6.79. The highest BCUT2D eigenvalue weighted by molar-refractivity contribution is 5.83. The first-order chi connectivity index (χ1) is 9.81. The lowest BCUT2D eigenvalue weighted by Crippen LogP contribution is -2.45. The van der Waals surface area contributed by atoms with Crippen molar-refractivity contribution in [1.82, 2.24) is 5.32 Å². The number of nitrogens with one attached hydrogen (secondary N) is 2.